The van der Waals surface area contributed by atoms with Gasteiger partial charge in [0, 0.05) is 19.0 Å². The van der Waals surface area contributed by atoms with Crippen molar-refractivity contribution in [3.63, 3.8) is 0 Å². The SMILES string of the molecule is NC(=O)CSCC(=O)N1CC[C@H](c2ccccc2)C1. The van der Waals surface area contributed by atoms with Gasteiger partial charge in [0.2, 0.25) is 11.8 Å². The molecule has 0 unspecified atom stereocenters. The zero-order chi connectivity index (χ0) is 13.7. The van der Waals surface area contributed by atoms with Gasteiger partial charge >= 0.3 is 0 Å². The predicted octanol–water partition coefficient (Wildman–Crippen LogP) is 1.22. The van der Waals surface area contributed by atoms with E-state index in [1.165, 1.54) is 17.3 Å². The normalized spacial score (nSPS) is 18.5. The third-order valence-electron chi connectivity index (χ3n) is 3.28. The van der Waals surface area contributed by atoms with Crippen LogP contribution in [-0.2, 0) is 9.59 Å². The second-order valence-electron chi connectivity index (χ2n) is 4.70. The van der Waals surface area contributed by atoms with Crippen LogP contribution in [0.2, 0.25) is 0 Å². The molecular weight excluding hydrogens is 260 g/mol. The molecule has 0 saturated carbocycles. The van der Waals surface area contributed by atoms with Crippen molar-refractivity contribution in [1.82, 2.24) is 4.90 Å². The molecule has 0 bridgehead atoms. The molecule has 2 amide bonds. The fraction of sp³-hybridized carbons (Fsp3) is 0.429. The van der Waals surface area contributed by atoms with Gasteiger partial charge in [-0.1, -0.05) is 30.3 Å². The first kappa shape index (κ1) is 13.9. The Morgan fingerprint density at radius 2 is 2.00 bits per heavy atom. The van der Waals surface area contributed by atoms with Gasteiger partial charge in [-0.05, 0) is 12.0 Å². The molecular formula is C14H18N2O2S. The van der Waals surface area contributed by atoms with Gasteiger partial charge in [0.15, 0.2) is 0 Å². The van der Waals surface area contributed by atoms with Crippen LogP contribution in [0.25, 0.3) is 0 Å². The van der Waals surface area contributed by atoms with Crippen LogP contribution in [0.3, 0.4) is 0 Å². The van der Waals surface area contributed by atoms with Crippen molar-refractivity contribution >= 4 is 23.6 Å². The molecule has 1 saturated heterocycles. The Morgan fingerprint density at radius 3 is 2.68 bits per heavy atom. The van der Waals surface area contributed by atoms with Crippen LogP contribution in [0.5, 0.6) is 0 Å². The number of likely N-dealkylation sites (tertiary alicyclic amines) is 1. The van der Waals surface area contributed by atoms with E-state index in [2.05, 4.69) is 12.1 Å². The Bertz CT molecular complexity index is 450. The highest BCUT2D eigenvalue weighted by molar-refractivity contribution is 8.00. The second-order valence-corrected chi connectivity index (χ2v) is 5.68. The molecule has 1 aliphatic rings. The van der Waals surface area contributed by atoms with E-state index < -0.39 is 0 Å². The average molecular weight is 278 g/mol. The number of amides is 2. The van der Waals surface area contributed by atoms with E-state index in [-0.39, 0.29) is 17.6 Å². The topological polar surface area (TPSA) is 63.4 Å². The first-order chi connectivity index (χ1) is 9.16. The predicted molar refractivity (Wildman–Crippen MR) is 76.9 cm³/mol. The standard InChI is InChI=1S/C14H18N2O2S/c15-13(17)9-19-10-14(18)16-7-6-12(8-16)11-4-2-1-3-5-11/h1-5,12H,6-10H2,(H2,15,17)/t12-/m0/s1. The van der Waals surface area contributed by atoms with Crippen LogP contribution >= 0.6 is 11.8 Å². The zero-order valence-corrected chi connectivity index (χ0v) is 11.6. The first-order valence-corrected chi connectivity index (χ1v) is 7.51. The number of benzene rings is 1. The first-order valence-electron chi connectivity index (χ1n) is 6.35. The van der Waals surface area contributed by atoms with Gasteiger partial charge in [0.1, 0.15) is 0 Å². The molecule has 4 nitrogen and oxygen atoms in total. The van der Waals surface area contributed by atoms with Crippen LogP contribution < -0.4 is 5.73 Å². The highest BCUT2D eigenvalue weighted by Gasteiger charge is 2.26. The Labute approximate surface area is 117 Å². The van der Waals surface area contributed by atoms with E-state index in [1.807, 2.05) is 23.1 Å². The van der Waals surface area contributed by atoms with Crippen molar-refractivity contribution in [3.05, 3.63) is 35.9 Å². The summed E-state index contributed by atoms with van der Waals surface area (Å²) in [4.78, 5) is 24.5. The number of nitrogens with two attached hydrogens (primary N) is 1. The van der Waals surface area contributed by atoms with E-state index in [0.717, 1.165) is 19.5 Å². The van der Waals surface area contributed by atoms with Gasteiger partial charge < -0.3 is 10.6 Å². The minimum atomic E-state index is -0.374. The largest absolute Gasteiger partial charge is 0.369 e. The quantitative estimate of drug-likeness (QED) is 0.881. The maximum Gasteiger partial charge on any atom is 0.232 e. The van der Waals surface area contributed by atoms with Crippen LogP contribution in [0, 0.1) is 0 Å². The minimum absolute atomic E-state index is 0.102. The Balaban J connectivity index is 1.81. The Morgan fingerprint density at radius 1 is 1.26 bits per heavy atom. The number of nitrogens with zero attached hydrogens (tertiary/aromatic N) is 1. The number of primary amides is 1. The van der Waals surface area contributed by atoms with E-state index in [4.69, 9.17) is 5.73 Å². The minimum Gasteiger partial charge on any atom is -0.369 e. The summed E-state index contributed by atoms with van der Waals surface area (Å²) in [6.07, 6.45) is 1.01. The van der Waals surface area contributed by atoms with E-state index in [9.17, 15) is 9.59 Å². The molecule has 0 spiro atoms. The molecule has 1 aromatic carbocycles. The van der Waals surface area contributed by atoms with Gasteiger partial charge in [-0.2, -0.15) is 0 Å². The van der Waals surface area contributed by atoms with Crippen molar-refractivity contribution in [3.8, 4) is 0 Å². The maximum atomic E-state index is 12.0. The number of hydrogen-bond acceptors (Lipinski definition) is 3. The average Bonchev–Trinajstić information content (AvgIpc) is 2.89. The lowest BCUT2D eigenvalue weighted by molar-refractivity contribution is -0.127. The molecule has 5 heteroatoms. The fourth-order valence-electron chi connectivity index (χ4n) is 2.31. The third-order valence-corrected chi connectivity index (χ3v) is 4.22. The summed E-state index contributed by atoms with van der Waals surface area (Å²) in [5, 5.41) is 0. The molecule has 1 aromatic rings. The number of carbonyl (C=O) groups excluding carboxylic acids is 2. The second kappa shape index (κ2) is 6.61. The summed E-state index contributed by atoms with van der Waals surface area (Å²) >= 11 is 1.29. The molecule has 2 rings (SSSR count). The Hall–Kier alpha value is -1.49. The molecule has 0 aliphatic carbocycles. The molecule has 0 radical (unpaired) electrons. The fourth-order valence-corrected chi connectivity index (χ4v) is 2.97. The molecule has 1 fully saturated rings. The van der Waals surface area contributed by atoms with Crippen molar-refractivity contribution in [1.29, 1.82) is 0 Å². The summed E-state index contributed by atoms with van der Waals surface area (Å²) < 4.78 is 0. The number of hydrogen-bond donors (Lipinski definition) is 1. The van der Waals surface area contributed by atoms with Crippen LogP contribution in [0.15, 0.2) is 30.3 Å². The van der Waals surface area contributed by atoms with Gasteiger partial charge in [-0.25, -0.2) is 0 Å². The van der Waals surface area contributed by atoms with Crippen molar-refractivity contribution < 1.29 is 9.59 Å². The maximum absolute atomic E-state index is 12.0. The lowest BCUT2D eigenvalue weighted by atomic mass is 9.99. The molecule has 19 heavy (non-hydrogen) atoms. The monoisotopic (exact) mass is 278 g/mol. The van der Waals surface area contributed by atoms with Crippen molar-refractivity contribution in [2.45, 2.75) is 12.3 Å². The Kier molecular flexibility index (Phi) is 4.85. The van der Waals surface area contributed by atoms with Crippen LogP contribution in [0.1, 0.15) is 17.9 Å². The molecule has 2 N–H and O–H groups in total. The smallest absolute Gasteiger partial charge is 0.232 e. The summed E-state index contributed by atoms with van der Waals surface area (Å²) in [5.74, 6) is 0.712. The molecule has 1 atom stereocenters. The lowest BCUT2D eigenvalue weighted by Gasteiger charge is -2.16. The molecule has 1 heterocycles. The summed E-state index contributed by atoms with van der Waals surface area (Å²) in [7, 11) is 0. The third kappa shape index (κ3) is 3.99. The molecule has 1 aliphatic heterocycles. The van der Waals surface area contributed by atoms with Gasteiger partial charge in [-0.15, -0.1) is 11.8 Å². The number of thioether (sulfide) groups is 1. The summed E-state index contributed by atoms with van der Waals surface area (Å²) in [6, 6.07) is 10.3. The lowest BCUT2D eigenvalue weighted by Crippen LogP contribution is -2.30. The van der Waals surface area contributed by atoms with E-state index in [0.29, 0.717) is 11.7 Å². The highest BCUT2D eigenvalue weighted by atomic mass is 32.2. The van der Waals surface area contributed by atoms with Gasteiger partial charge in [0.05, 0.1) is 11.5 Å². The van der Waals surface area contributed by atoms with Gasteiger partial charge in [0.25, 0.3) is 0 Å². The van der Waals surface area contributed by atoms with Gasteiger partial charge in [-0.3, -0.25) is 9.59 Å². The zero-order valence-electron chi connectivity index (χ0n) is 10.7. The van der Waals surface area contributed by atoms with Crippen molar-refractivity contribution in [2.75, 3.05) is 24.6 Å². The van der Waals surface area contributed by atoms with E-state index >= 15 is 0 Å². The summed E-state index contributed by atoms with van der Waals surface area (Å²) in [6.45, 7) is 1.58. The molecule has 0 aromatic heterocycles. The van der Waals surface area contributed by atoms with Crippen molar-refractivity contribution in [2.24, 2.45) is 5.73 Å². The summed E-state index contributed by atoms with van der Waals surface area (Å²) in [5.41, 5.74) is 6.34. The number of carbonyl (C=O) groups is 2. The van der Waals surface area contributed by atoms with Crippen LogP contribution in [0.4, 0.5) is 0 Å². The highest BCUT2D eigenvalue weighted by Crippen LogP contribution is 2.27. The molecule has 102 valence electrons. The van der Waals surface area contributed by atoms with Crippen LogP contribution in [-0.4, -0.2) is 41.3 Å². The van der Waals surface area contributed by atoms with E-state index in [1.54, 1.807) is 0 Å². The number of rotatable bonds is 5.